The van der Waals surface area contributed by atoms with E-state index in [-0.39, 0.29) is 23.0 Å². The summed E-state index contributed by atoms with van der Waals surface area (Å²) in [5.41, 5.74) is 0.742. The van der Waals surface area contributed by atoms with Gasteiger partial charge in [0.15, 0.2) is 0 Å². The summed E-state index contributed by atoms with van der Waals surface area (Å²) in [5, 5.41) is 0. The van der Waals surface area contributed by atoms with E-state index >= 15 is 0 Å². The number of carbonyl (C=O) groups is 2. The summed E-state index contributed by atoms with van der Waals surface area (Å²) < 4.78 is 0. The van der Waals surface area contributed by atoms with E-state index in [4.69, 9.17) is 0 Å². The van der Waals surface area contributed by atoms with Crippen molar-refractivity contribution in [3.05, 3.63) is 35.9 Å². The Morgan fingerprint density at radius 2 is 1.82 bits per heavy atom. The third kappa shape index (κ3) is 1.40. The second kappa shape index (κ2) is 3.52. The Bertz CT molecular complexity index is 477. The average Bonchev–Trinajstić information content (AvgIpc) is 2.63. The van der Waals surface area contributed by atoms with Gasteiger partial charge >= 0.3 is 0 Å². The van der Waals surface area contributed by atoms with E-state index in [9.17, 15) is 9.59 Å². The predicted molar refractivity (Wildman–Crippen MR) is 64.6 cm³/mol. The first-order valence-corrected chi connectivity index (χ1v) is 6.26. The summed E-state index contributed by atoms with van der Waals surface area (Å²) in [5.74, 6) is 0.570. The Morgan fingerprint density at radius 1 is 1.12 bits per heavy atom. The number of fused-ring (bicyclic) bond motifs is 2. The molecule has 2 aliphatic rings. The molecule has 0 heterocycles. The van der Waals surface area contributed by atoms with Crippen LogP contribution in [0.15, 0.2) is 30.3 Å². The van der Waals surface area contributed by atoms with E-state index in [1.165, 1.54) is 0 Å². The van der Waals surface area contributed by atoms with E-state index in [1.54, 1.807) is 0 Å². The fraction of sp³-hybridized carbons (Fsp3) is 0.467. The van der Waals surface area contributed by atoms with Crippen molar-refractivity contribution in [2.75, 3.05) is 0 Å². The topological polar surface area (TPSA) is 34.1 Å². The molecule has 3 rings (SSSR count). The Kier molecular flexibility index (Phi) is 2.22. The smallest absolute Gasteiger partial charge is 0.144 e. The van der Waals surface area contributed by atoms with Gasteiger partial charge in [0.2, 0.25) is 0 Å². The molecule has 2 fully saturated rings. The molecule has 2 heteroatoms. The zero-order chi connectivity index (χ0) is 12.0. The number of Topliss-reactive ketones (excluding diaryl/α,β-unsaturated/α-hetero) is 2. The van der Waals surface area contributed by atoms with E-state index < -0.39 is 0 Å². The molecule has 88 valence electrons. The van der Waals surface area contributed by atoms with Crippen molar-refractivity contribution < 1.29 is 9.59 Å². The Morgan fingerprint density at radius 3 is 2.53 bits per heavy atom. The van der Waals surface area contributed by atoms with Gasteiger partial charge in [-0.05, 0) is 18.4 Å². The molecule has 0 unspecified atom stereocenters. The van der Waals surface area contributed by atoms with Crippen molar-refractivity contribution in [2.45, 2.75) is 31.6 Å². The monoisotopic (exact) mass is 228 g/mol. The molecule has 0 saturated heterocycles. The molecule has 2 saturated carbocycles. The first kappa shape index (κ1) is 10.7. The third-order valence-electron chi connectivity index (χ3n) is 4.43. The predicted octanol–water partition coefficient (Wildman–Crippen LogP) is 2.51. The van der Waals surface area contributed by atoms with Crippen molar-refractivity contribution in [3.8, 4) is 0 Å². The van der Waals surface area contributed by atoms with Crippen LogP contribution in [0.5, 0.6) is 0 Å². The molecule has 0 aliphatic heterocycles. The van der Waals surface area contributed by atoms with Gasteiger partial charge in [-0.15, -0.1) is 0 Å². The molecule has 1 aromatic rings. The molecule has 0 spiro atoms. The highest BCUT2D eigenvalue weighted by Gasteiger charge is 2.55. The highest BCUT2D eigenvalue weighted by molar-refractivity contribution is 6.01. The van der Waals surface area contributed by atoms with Crippen LogP contribution in [0.2, 0.25) is 0 Å². The Labute approximate surface area is 101 Å². The summed E-state index contributed by atoms with van der Waals surface area (Å²) in [6.45, 7) is 1.96. The molecule has 0 radical (unpaired) electrons. The largest absolute Gasteiger partial charge is 0.299 e. The van der Waals surface area contributed by atoms with E-state index in [0.29, 0.717) is 18.6 Å². The first-order valence-electron chi connectivity index (χ1n) is 6.26. The van der Waals surface area contributed by atoms with Gasteiger partial charge in [0.25, 0.3) is 0 Å². The number of hydrogen-bond donors (Lipinski definition) is 0. The Balaban J connectivity index is 2.08. The van der Waals surface area contributed by atoms with Crippen molar-refractivity contribution in [1.82, 2.24) is 0 Å². The maximum Gasteiger partial charge on any atom is 0.144 e. The summed E-state index contributed by atoms with van der Waals surface area (Å²) in [6, 6.07) is 9.98. The molecule has 2 nitrogen and oxygen atoms in total. The molecule has 2 bridgehead atoms. The lowest BCUT2D eigenvalue weighted by molar-refractivity contribution is -0.128. The van der Waals surface area contributed by atoms with Crippen molar-refractivity contribution in [3.63, 3.8) is 0 Å². The van der Waals surface area contributed by atoms with Crippen LogP contribution in [0.3, 0.4) is 0 Å². The number of carbonyl (C=O) groups excluding carboxylic acids is 2. The first-order chi connectivity index (χ1) is 8.13. The van der Waals surface area contributed by atoms with Gasteiger partial charge in [-0.3, -0.25) is 9.59 Å². The molecule has 1 aromatic carbocycles. The zero-order valence-electron chi connectivity index (χ0n) is 9.98. The minimum absolute atomic E-state index is 0.0218. The van der Waals surface area contributed by atoms with Gasteiger partial charge < -0.3 is 0 Å². The van der Waals surface area contributed by atoms with Crippen molar-refractivity contribution in [1.29, 1.82) is 0 Å². The number of benzene rings is 1. The molecular formula is C15H16O2. The van der Waals surface area contributed by atoms with E-state index in [2.05, 4.69) is 0 Å². The molecule has 0 N–H and O–H groups in total. The van der Waals surface area contributed by atoms with Crippen molar-refractivity contribution in [2.24, 2.45) is 11.8 Å². The lowest BCUT2D eigenvalue weighted by Crippen LogP contribution is -2.38. The molecular weight excluding hydrogens is 212 g/mol. The van der Waals surface area contributed by atoms with Crippen LogP contribution >= 0.6 is 0 Å². The van der Waals surface area contributed by atoms with Crippen LogP contribution in [0.1, 0.15) is 31.7 Å². The molecule has 17 heavy (non-hydrogen) atoms. The van der Waals surface area contributed by atoms with E-state index in [0.717, 1.165) is 12.0 Å². The minimum atomic E-state index is -0.362. The third-order valence-corrected chi connectivity index (χ3v) is 4.43. The van der Waals surface area contributed by atoms with Gasteiger partial charge in [-0.2, -0.15) is 0 Å². The second-order valence-corrected chi connectivity index (χ2v) is 5.48. The molecule has 2 aliphatic carbocycles. The highest BCUT2D eigenvalue weighted by atomic mass is 16.1. The maximum absolute atomic E-state index is 12.3. The van der Waals surface area contributed by atoms with Crippen LogP contribution < -0.4 is 0 Å². The van der Waals surface area contributed by atoms with Crippen LogP contribution in [0, 0.1) is 11.8 Å². The standard InChI is InChI=1S/C15H16O2/c1-10-8-15(12-5-3-2-4-6-12)9-11(14(10)17)7-13(15)16/h2-6,10-11H,7-9H2,1H3/t10-,11-,15-/m0/s1. The van der Waals surface area contributed by atoms with Gasteiger partial charge in [0, 0.05) is 18.3 Å². The Hall–Kier alpha value is -1.44. The van der Waals surface area contributed by atoms with Gasteiger partial charge in [0.05, 0.1) is 5.41 Å². The number of rotatable bonds is 1. The van der Waals surface area contributed by atoms with E-state index in [1.807, 2.05) is 37.3 Å². The van der Waals surface area contributed by atoms with Crippen LogP contribution in [0.25, 0.3) is 0 Å². The van der Waals surface area contributed by atoms with Gasteiger partial charge in [-0.25, -0.2) is 0 Å². The normalized spacial score (nSPS) is 36.3. The van der Waals surface area contributed by atoms with Crippen LogP contribution in [-0.4, -0.2) is 11.6 Å². The highest BCUT2D eigenvalue weighted by Crippen LogP contribution is 2.50. The maximum atomic E-state index is 12.3. The quantitative estimate of drug-likeness (QED) is 0.740. The van der Waals surface area contributed by atoms with Gasteiger partial charge in [-0.1, -0.05) is 37.3 Å². The molecule has 0 amide bonds. The summed E-state index contributed by atoms with van der Waals surface area (Å²) in [6.07, 6.45) is 1.89. The number of ketones is 2. The van der Waals surface area contributed by atoms with Crippen LogP contribution in [-0.2, 0) is 15.0 Å². The van der Waals surface area contributed by atoms with Crippen molar-refractivity contribution >= 4 is 11.6 Å². The molecule has 0 aromatic heterocycles. The lowest BCUT2D eigenvalue weighted by Gasteiger charge is -2.34. The lowest BCUT2D eigenvalue weighted by atomic mass is 9.67. The fourth-order valence-corrected chi connectivity index (χ4v) is 3.60. The van der Waals surface area contributed by atoms with Crippen LogP contribution in [0.4, 0.5) is 0 Å². The number of hydrogen-bond acceptors (Lipinski definition) is 2. The second-order valence-electron chi connectivity index (χ2n) is 5.48. The van der Waals surface area contributed by atoms with Gasteiger partial charge in [0.1, 0.15) is 11.6 Å². The molecule has 3 atom stereocenters. The average molecular weight is 228 g/mol. The SMILES string of the molecule is C[C@H]1C[C@@]2(c3ccccc3)C[C@H](CC2=O)C1=O. The summed E-state index contributed by atoms with van der Waals surface area (Å²) in [4.78, 5) is 24.3. The summed E-state index contributed by atoms with van der Waals surface area (Å²) in [7, 11) is 0. The summed E-state index contributed by atoms with van der Waals surface area (Å²) >= 11 is 0. The fourth-order valence-electron chi connectivity index (χ4n) is 3.60. The minimum Gasteiger partial charge on any atom is -0.299 e. The zero-order valence-corrected chi connectivity index (χ0v) is 9.98.